The van der Waals surface area contributed by atoms with Crippen molar-refractivity contribution in [3.05, 3.63) is 47.3 Å². The molecule has 106 valence electrons. The first kappa shape index (κ1) is 14.6. The van der Waals surface area contributed by atoms with Gasteiger partial charge in [0, 0.05) is 18.8 Å². The van der Waals surface area contributed by atoms with Gasteiger partial charge in [0.15, 0.2) is 11.6 Å². The second-order valence-corrected chi connectivity index (χ2v) is 5.18. The zero-order valence-corrected chi connectivity index (χ0v) is 11.5. The minimum Gasteiger partial charge on any atom is -0.380 e. The number of hydrogen-bond acceptors (Lipinski definition) is 4. The summed E-state index contributed by atoms with van der Waals surface area (Å²) >= 11 is 5.78. The smallest absolute Gasteiger partial charge is 0.170 e. The Morgan fingerprint density at radius 1 is 1.50 bits per heavy atom. The lowest BCUT2D eigenvalue weighted by Crippen LogP contribution is -2.40. The van der Waals surface area contributed by atoms with E-state index in [0.717, 1.165) is 12.4 Å². The highest BCUT2D eigenvalue weighted by Gasteiger charge is 2.31. The first-order chi connectivity index (χ1) is 9.37. The normalized spacial score (nSPS) is 14.0. The third-order valence-electron chi connectivity index (χ3n) is 2.80. The number of carbonyl (C=O) groups excluding carboxylic acids is 1. The Hall–Kier alpha value is -1.79. The van der Waals surface area contributed by atoms with Crippen LogP contribution in [0.2, 0.25) is 5.02 Å². The molecule has 0 aliphatic rings. The fraction of sp³-hybridized carbons (Fsp3) is 0.308. The van der Waals surface area contributed by atoms with Crippen molar-refractivity contribution in [2.24, 2.45) is 0 Å². The molecule has 0 amide bonds. The lowest BCUT2D eigenvalue weighted by molar-refractivity contribution is -0.136. The molecular weight excluding hydrogens is 285 g/mol. The Morgan fingerprint density at radius 3 is 2.85 bits per heavy atom. The minimum atomic E-state index is -1.65. The third-order valence-corrected chi connectivity index (χ3v) is 3.01. The maximum absolute atomic E-state index is 12.8. The third kappa shape index (κ3) is 3.61. The minimum absolute atomic E-state index is 0.00961. The van der Waals surface area contributed by atoms with Crippen molar-refractivity contribution < 1.29 is 14.3 Å². The van der Waals surface area contributed by atoms with E-state index in [0.29, 0.717) is 10.6 Å². The Labute approximate surface area is 120 Å². The van der Waals surface area contributed by atoms with E-state index >= 15 is 0 Å². The number of aromatic nitrogens is 3. The number of ketones is 1. The van der Waals surface area contributed by atoms with Gasteiger partial charge in [0.25, 0.3) is 0 Å². The molecule has 2 rings (SSSR count). The second kappa shape index (κ2) is 5.68. The van der Waals surface area contributed by atoms with Crippen LogP contribution in [0.15, 0.2) is 30.9 Å². The number of hydrogen-bond donors (Lipinski definition) is 1. The van der Waals surface area contributed by atoms with Crippen LogP contribution in [-0.4, -0.2) is 31.3 Å². The average molecular weight is 298 g/mol. The second-order valence-electron chi connectivity index (χ2n) is 4.74. The van der Waals surface area contributed by atoms with Crippen LogP contribution in [0.1, 0.15) is 12.5 Å². The van der Waals surface area contributed by atoms with Crippen LogP contribution in [0.3, 0.4) is 0 Å². The summed E-state index contributed by atoms with van der Waals surface area (Å²) in [5.74, 6) is -0.940. The van der Waals surface area contributed by atoms with Crippen LogP contribution in [0.4, 0.5) is 4.39 Å². The molecule has 0 fully saturated rings. The predicted molar refractivity (Wildman–Crippen MR) is 70.8 cm³/mol. The van der Waals surface area contributed by atoms with Gasteiger partial charge in [0.2, 0.25) is 0 Å². The van der Waals surface area contributed by atoms with Crippen molar-refractivity contribution in [2.45, 2.75) is 25.5 Å². The van der Waals surface area contributed by atoms with Gasteiger partial charge < -0.3 is 5.11 Å². The van der Waals surface area contributed by atoms with Gasteiger partial charge in [-0.05, 0) is 18.6 Å². The highest BCUT2D eigenvalue weighted by atomic mass is 35.5. The molecule has 5 nitrogen and oxygen atoms in total. The number of carbonyl (C=O) groups is 1. The lowest BCUT2D eigenvalue weighted by Gasteiger charge is -2.21. The molecule has 0 bridgehead atoms. The first-order valence-corrected chi connectivity index (χ1v) is 6.28. The monoisotopic (exact) mass is 297 g/mol. The number of aliphatic hydroxyl groups is 1. The first-order valence-electron chi connectivity index (χ1n) is 5.90. The van der Waals surface area contributed by atoms with Crippen LogP contribution >= 0.6 is 11.6 Å². The van der Waals surface area contributed by atoms with Gasteiger partial charge in [-0.15, -0.1) is 0 Å². The molecule has 0 saturated carbocycles. The summed E-state index contributed by atoms with van der Waals surface area (Å²) in [5.41, 5.74) is -1.05. The van der Waals surface area contributed by atoms with Crippen molar-refractivity contribution in [1.82, 2.24) is 14.8 Å². The molecule has 0 unspecified atom stereocenters. The highest BCUT2D eigenvalue weighted by Crippen LogP contribution is 2.15. The molecule has 0 aliphatic heterocycles. The number of nitrogens with zero attached hydrogens (tertiary/aromatic N) is 3. The van der Waals surface area contributed by atoms with Crippen molar-refractivity contribution in [3.63, 3.8) is 0 Å². The van der Waals surface area contributed by atoms with Gasteiger partial charge in [0.1, 0.15) is 5.60 Å². The molecule has 0 aromatic carbocycles. The van der Waals surface area contributed by atoms with E-state index in [1.807, 2.05) is 0 Å². The molecule has 7 heteroatoms. The topological polar surface area (TPSA) is 68.0 Å². The average Bonchev–Trinajstić information content (AvgIpc) is 2.74. The van der Waals surface area contributed by atoms with Gasteiger partial charge in [-0.25, -0.2) is 4.39 Å². The van der Waals surface area contributed by atoms with Gasteiger partial charge in [0.05, 0.1) is 24.0 Å². The zero-order chi connectivity index (χ0) is 14.8. The van der Waals surface area contributed by atoms with Crippen LogP contribution < -0.4 is 0 Å². The van der Waals surface area contributed by atoms with Crippen molar-refractivity contribution in [1.29, 1.82) is 0 Å². The molecular formula is C13H13ClFN3O2. The van der Waals surface area contributed by atoms with Crippen LogP contribution in [0.25, 0.3) is 0 Å². The van der Waals surface area contributed by atoms with Gasteiger partial charge in [-0.1, -0.05) is 11.6 Å². The van der Waals surface area contributed by atoms with Gasteiger partial charge in [-0.3, -0.25) is 14.5 Å². The fourth-order valence-corrected chi connectivity index (χ4v) is 1.95. The molecule has 0 saturated heterocycles. The zero-order valence-electron chi connectivity index (χ0n) is 10.8. The Bertz CT molecular complexity index is 628. The standard InChI is InChI=1S/C13H13ClFN3O2/c1-13(20,8-18-7-11(15)6-17-18)12(19)3-9-2-10(14)5-16-4-9/h2,4-7,20H,3,8H2,1H3/t13-/m0/s1. The quantitative estimate of drug-likeness (QED) is 0.911. The van der Waals surface area contributed by atoms with E-state index in [-0.39, 0.29) is 13.0 Å². The van der Waals surface area contributed by atoms with Crippen LogP contribution in [-0.2, 0) is 17.8 Å². The van der Waals surface area contributed by atoms with Crippen molar-refractivity contribution in [3.8, 4) is 0 Å². The Balaban J connectivity index is 2.07. The van der Waals surface area contributed by atoms with E-state index in [9.17, 15) is 14.3 Å². The summed E-state index contributed by atoms with van der Waals surface area (Å²) in [6.07, 6.45) is 5.09. The maximum Gasteiger partial charge on any atom is 0.170 e. The van der Waals surface area contributed by atoms with E-state index in [4.69, 9.17) is 11.6 Å². The summed E-state index contributed by atoms with van der Waals surface area (Å²) in [4.78, 5) is 16.0. The molecule has 2 aromatic rings. The molecule has 1 N–H and O–H groups in total. The number of pyridine rings is 1. The molecule has 0 aliphatic carbocycles. The molecule has 1 atom stereocenters. The maximum atomic E-state index is 12.8. The number of rotatable bonds is 5. The van der Waals surface area contributed by atoms with Gasteiger partial charge >= 0.3 is 0 Å². The molecule has 2 aromatic heterocycles. The largest absolute Gasteiger partial charge is 0.380 e. The Kier molecular flexibility index (Phi) is 4.15. The molecule has 0 radical (unpaired) electrons. The summed E-state index contributed by atoms with van der Waals surface area (Å²) in [6, 6.07) is 1.61. The summed E-state index contributed by atoms with van der Waals surface area (Å²) < 4.78 is 14.0. The lowest BCUT2D eigenvalue weighted by atomic mass is 9.96. The Morgan fingerprint density at radius 2 is 2.25 bits per heavy atom. The van der Waals surface area contributed by atoms with E-state index in [1.165, 1.54) is 24.0 Å². The molecule has 0 spiro atoms. The van der Waals surface area contributed by atoms with Crippen LogP contribution in [0.5, 0.6) is 0 Å². The van der Waals surface area contributed by atoms with Crippen molar-refractivity contribution >= 4 is 17.4 Å². The van der Waals surface area contributed by atoms with E-state index < -0.39 is 17.2 Å². The summed E-state index contributed by atoms with van der Waals surface area (Å²) in [6.45, 7) is 1.25. The highest BCUT2D eigenvalue weighted by molar-refractivity contribution is 6.30. The molecule has 20 heavy (non-hydrogen) atoms. The van der Waals surface area contributed by atoms with Crippen molar-refractivity contribution in [2.75, 3.05) is 0 Å². The summed E-state index contributed by atoms with van der Waals surface area (Å²) in [7, 11) is 0. The van der Waals surface area contributed by atoms with E-state index in [2.05, 4.69) is 10.1 Å². The fourth-order valence-electron chi connectivity index (χ4n) is 1.76. The number of Topliss-reactive ketones (excluding diaryl/α,β-unsaturated/α-hetero) is 1. The SMILES string of the molecule is C[C@](O)(Cn1cc(F)cn1)C(=O)Cc1cncc(Cl)c1. The summed E-state index contributed by atoms with van der Waals surface area (Å²) in [5, 5.41) is 14.3. The van der Waals surface area contributed by atoms with E-state index in [1.54, 1.807) is 6.07 Å². The van der Waals surface area contributed by atoms with Gasteiger partial charge in [-0.2, -0.15) is 5.10 Å². The number of halogens is 2. The van der Waals surface area contributed by atoms with Crippen LogP contribution in [0, 0.1) is 5.82 Å². The molecule has 2 heterocycles. The predicted octanol–water partition coefficient (Wildman–Crippen LogP) is 1.63.